The summed E-state index contributed by atoms with van der Waals surface area (Å²) < 4.78 is 0.703. The van der Waals surface area contributed by atoms with Crippen LogP contribution in [0.1, 0.15) is 21.5 Å². The predicted octanol–water partition coefficient (Wildman–Crippen LogP) is 3.23. The molecule has 102 valence electrons. The number of hydrazone groups is 1. The van der Waals surface area contributed by atoms with Crippen LogP contribution in [-0.2, 0) is 0 Å². The molecule has 0 aliphatic carbocycles. The van der Waals surface area contributed by atoms with Gasteiger partial charge in [-0.05, 0) is 30.7 Å². The molecule has 0 aromatic heterocycles. The first kappa shape index (κ1) is 14.3. The predicted molar refractivity (Wildman–Crippen MR) is 82.0 cm³/mol. The highest BCUT2D eigenvalue weighted by Gasteiger charge is 2.09. The van der Waals surface area contributed by atoms with E-state index in [1.54, 1.807) is 12.3 Å². The van der Waals surface area contributed by atoms with Crippen molar-refractivity contribution in [2.75, 3.05) is 0 Å². The van der Waals surface area contributed by atoms with Crippen molar-refractivity contribution in [2.45, 2.75) is 6.92 Å². The molecule has 2 N–H and O–H groups in total. The van der Waals surface area contributed by atoms with Gasteiger partial charge in [-0.2, -0.15) is 5.10 Å². The first-order valence-corrected chi connectivity index (χ1v) is 6.74. The molecule has 0 bridgehead atoms. The van der Waals surface area contributed by atoms with Crippen molar-refractivity contribution in [2.24, 2.45) is 5.10 Å². The van der Waals surface area contributed by atoms with Gasteiger partial charge in [0.05, 0.1) is 11.8 Å². The van der Waals surface area contributed by atoms with Gasteiger partial charge >= 0.3 is 0 Å². The second-order valence-electron chi connectivity index (χ2n) is 4.27. The standard InChI is InChI=1S/C15H13BrN2O2/c1-10-2-4-11(5-3-10)9-17-18-15(20)13-7-6-12(16)8-14(13)19/h2-9,19H,1H3,(H,18,20)/b17-9+. The number of carbonyl (C=O) groups excluding carboxylic acids is 1. The second kappa shape index (κ2) is 6.34. The Morgan fingerprint density at radius 1 is 1.25 bits per heavy atom. The first-order chi connectivity index (χ1) is 9.56. The van der Waals surface area contributed by atoms with E-state index in [0.717, 1.165) is 11.1 Å². The average Bonchev–Trinajstić information content (AvgIpc) is 2.41. The van der Waals surface area contributed by atoms with Crippen molar-refractivity contribution in [3.63, 3.8) is 0 Å². The van der Waals surface area contributed by atoms with E-state index in [9.17, 15) is 9.90 Å². The van der Waals surface area contributed by atoms with E-state index in [1.807, 2.05) is 31.2 Å². The Kier molecular flexibility index (Phi) is 4.53. The Labute approximate surface area is 125 Å². The molecule has 0 atom stereocenters. The van der Waals surface area contributed by atoms with E-state index >= 15 is 0 Å². The zero-order valence-electron chi connectivity index (χ0n) is 10.8. The average molecular weight is 333 g/mol. The van der Waals surface area contributed by atoms with Crippen LogP contribution < -0.4 is 5.43 Å². The van der Waals surface area contributed by atoms with Crippen LogP contribution >= 0.6 is 15.9 Å². The molecule has 2 aromatic carbocycles. The molecule has 5 heteroatoms. The fourth-order valence-electron chi connectivity index (χ4n) is 1.57. The Balaban J connectivity index is 2.03. The van der Waals surface area contributed by atoms with Crippen molar-refractivity contribution < 1.29 is 9.90 Å². The second-order valence-corrected chi connectivity index (χ2v) is 5.19. The largest absolute Gasteiger partial charge is 0.507 e. The van der Waals surface area contributed by atoms with Crippen LogP contribution in [0.15, 0.2) is 52.0 Å². The smallest absolute Gasteiger partial charge is 0.275 e. The Morgan fingerprint density at radius 2 is 1.95 bits per heavy atom. The number of phenolic OH excluding ortho intramolecular Hbond substituents is 1. The molecule has 0 unspecified atom stereocenters. The molecule has 2 aromatic rings. The highest BCUT2D eigenvalue weighted by Crippen LogP contribution is 2.21. The van der Waals surface area contributed by atoms with E-state index in [0.29, 0.717) is 4.47 Å². The van der Waals surface area contributed by atoms with E-state index in [4.69, 9.17) is 0 Å². The lowest BCUT2D eigenvalue weighted by atomic mass is 10.2. The van der Waals surface area contributed by atoms with Gasteiger partial charge < -0.3 is 5.11 Å². The molecule has 2 rings (SSSR count). The van der Waals surface area contributed by atoms with Gasteiger partial charge in [-0.3, -0.25) is 4.79 Å². The van der Waals surface area contributed by atoms with Gasteiger partial charge in [-0.25, -0.2) is 5.43 Å². The monoisotopic (exact) mass is 332 g/mol. The molecular formula is C15H13BrN2O2. The summed E-state index contributed by atoms with van der Waals surface area (Å²) in [5.74, 6) is -0.555. The molecule has 0 radical (unpaired) electrons. The summed E-state index contributed by atoms with van der Waals surface area (Å²) in [5, 5.41) is 13.5. The summed E-state index contributed by atoms with van der Waals surface area (Å²) in [4.78, 5) is 11.8. The SMILES string of the molecule is Cc1ccc(/C=N/NC(=O)c2ccc(Br)cc2O)cc1. The fourth-order valence-corrected chi connectivity index (χ4v) is 1.92. The van der Waals surface area contributed by atoms with E-state index < -0.39 is 5.91 Å². The molecule has 0 aliphatic rings. The summed E-state index contributed by atoms with van der Waals surface area (Å²) in [6.45, 7) is 2.00. The van der Waals surface area contributed by atoms with Crippen molar-refractivity contribution in [3.8, 4) is 5.75 Å². The van der Waals surface area contributed by atoms with Crippen molar-refractivity contribution in [1.82, 2.24) is 5.43 Å². The van der Waals surface area contributed by atoms with E-state index in [-0.39, 0.29) is 11.3 Å². The van der Waals surface area contributed by atoms with Crippen LogP contribution in [0, 0.1) is 6.92 Å². The molecule has 0 spiro atoms. The number of carbonyl (C=O) groups is 1. The number of aryl methyl sites for hydroxylation is 1. The lowest BCUT2D eigenvalue weighted by Gasteiger charge is -2.03. The molecule has 4 nitrogen and oxygen atoms in total. The van der Waals surface area contributed by atoms with Gasteiger partial charge in [0, 0.05) is 4.47 Å². The first-order valence-electron chi connectivity index (χ1n) is 5.95. The number of hydrogen-bond donors (Lipinski definition) is 2. The van der Waals surface area contributed by atoms with Crippen LogP contribution in [0.5, 0.6) is 5.75 Å². The van der Waals surface area contributed by atoms with Gasteiger partial charge in [-0.15, -0.1) is 0 Å². The lowest BCUT2D eigenvalue weighted by molar-refractivity contribution is 0.0952. The summed E-state index contributed by atoms with van der Waals surface area (Å²) in [6.07, 6.45) is 1.55. The third kappa shape index (κ3) is 3.68. The highest BCUT2D eigenvalue weighted by atomic mass is 79.9. The normalized spacial score (nSPS) is 10.7. The van der Waals surface area contributed by atoms with Gasteiger partial charge in [-0.1, -0.05) is 45.8 Å². The number of hydrogen-bond acceptors (Lipinski definition) is 3. The van der Waals surface area contributed by atoms with E-state index in [1.165, 1.54) is 12.1 Å². The highest BCUT2D eigenvalue weighted by molar-refractivity contribution is 9.10. The third-order valence-corrected chi connectivity index (χ3v) is 3.15. The molecule has 0 saturated heterocycles. The number of aromatic hydroxyl groups is 1. The molecule has 0 saturated carbocycles. The molecule has 0 aliphatic heterocycles. The number of phenols is 1. The van der Waals surface area contributed by atoms with Crippen molar-refractivity contribution in [1.29, 1.82) is 0 Å². The third-order valence-electron chi connectivity index (χ3n) is 2.66. The summed E-state index contributed by atoms with van der Waals surface area (Å²) >= 11 is 3.21. The van der Waals surface area contributed by atoms with Gasteiger partial charge in [0.2, 0.25) is 0 Å². The minimum absolute atomic E-state index is 0.0950. The van der Waals surface area contributed by atoms with Crippen molar-refractivity contribution >= 4 is 28.1 Å². The van der Waals surface area contributed by atoms with Gasteiger partial charge in [0.25, 0.3) is 5.91 Å². The van der Waals surface area contributed by atoms with Crippen LogP contribution in [0.25, 0.3) is 0 Å². The number of rotatable bonds is 3. The Hall–Kier alpha value is -2.14. The maximum absolute atomic E-state index is 11.8. The zero-order chi connectivity index (χ0) is 14.5. The van der Waals surface area contributed by atoms with E-state index in [2.05, 4.69) is 26.5 Å². The van der Waals surface area contributed by atoms with Crippen molar-refractivity contribution in [3.05, 3.63) is 63.6 Å². The van der Waals surface area contributed by atoms with Crippen LogP contribution in [0.4, 0.5) is 0 Å². The molecule has 0 fully saturated rings. The van der Waals surface area contributed by atoms with Crippen LogP contribution in [0.2, 0.25) is 0 Å². The number of nitrogens with one attached hydrogen (secondary N) is 1. The molecule has 1 amide bonds. The Morgan fingerprint density at radius 3 is 2.60 bits per heavy atom. The molecule has 0 heterocycles. The number of benzene rings is 2. The van der Waals surface area contributed by atoms with Gasteiger partial charge in [0.1, 0.15) is 5.75 Å². The minimum atomic E-state index is -0.460. The summed E-state index contributed by atoms with van der Waals surface area (Å²) in [7, 11) is 0. The van der Waals surface area contributed by atoms with Gasteiger partial charge in [0.15, 0.2) is 0 Å². The lowest BCUT2D eigenvalue weighted by Crippen LogP contribution is -2.17. The van der Waals surface area contributed by atoms with Crippen LogP contribution in [0.3, 0.4) is 0 Å². The summed E-state index contributed by atoms with van der Waals surface area (Å²) in [6, 6.07) is 12.4. The number of nitrogens with zero attached hydrogens (tertiary/aromatic N) is 1. The minimum Gasteiger partial charge on any atom is -0.507 e. The molecule has 20 heavy (non-hydrogen) atoms. The number of amides is 1. The zero-order valence-corrected chi connectivity index (χ0v) is 12.4. The quantitative estimate of drug-likeness (QED) is 0.669. The number of halogens is 1. The fraction of sp³-hybridized carbons (Fsp3) is 0.0667. The maximum Gasteiger partial charge on any atom is 0.275 e. The van der Waals surface area contributed by atoms with Crippen LogP contribution in [-0.4, -0.2) is 17.2 Å². The Bertz CT molecular complexity index is 651. The summed E-state index contributed by atoms with van der Waals surface area (Å²) in [5.41, 5.74) is 4.60. The topological polar surface area (TPSA) is 61.7 Å². The maximum atomic E-state index is 11.8. The molecular weight excluding hydrogens is 320 g/mol.